The highest BCUT2D eigenvalue weighted by atomic mass is 32.1. The van der Waals surface area contributed by atoms with Crippen molar-refractivity contribution in [3.63, 3.8) is 0 Å². The second-order valence-corrected chi connectivity index (χ2v) is 5.29. The molecule has 0 aliphatic carbocycles. The van der Waals surface area contributed by atoms with Crippen molar-refractivity contribution >= 4 is 22.4 Å². The zero-order chi connectivity index (χ0) is 14.0. The van der Waals surface area contributed by atoms with Gasteiger partial charge in [0.1, 0.15) is 11.8 Å². The molecule has 2 aromatic heterocycles. The summed E-state index contributed by atoms with van der Waals surface area (Å²) in [4.78, 5) is 20.6. The summed E-state index contributed by atoms with van der Waals surface area (Å²) in [5, 5.41) is 3.80. The van der Waals surface area contributed by atoms with Gasteiger partial charge in [-0.05, 0) is 20.8 Å². The highest BCUT2D eigenvalue weighted by Gasteiger charge is 2.18. The number of carbonyl (C=O) groups is 1. The number of aromatic nitrogens is 2. The Kier molecular flexibility index (Phi) is 3.84. The van der Waals surface area contributed by atoms with Gasteiger partial charge in [0.25, 0.3) is 0 Å². The predicted molar refractivity (Wildman–Crippen MR) is 71.5 cm³/mol. The lowest BCUT2D eigenvalue weighted by atomic mass is 10.3. The van der Waals surface area contributed by atoms with E-state index in [2.05, 4.69) is 20.0 Å². The molecule has 2 rings (SSSR count). The Hall–Kier alpha value is -1.89. The molecule has 0 saturated heterocycles. The lowest BCUT2D eigenvalue weighted by Gasteiger charge is -2.08. The topological polar surface area (TPSA) is 77.2 Å². The van der Waals surface area contributed by atoms with Gasteiger partial charge in [-0.2, -0.15) is 0 Å². The first-order valence-electron chi connectivity index (χ1n) is 5.76. The number of methoxy groups -OCH3 is 1. The quantitative estimate of drug-likeness (QED) is 0.868. The number of hydrogen-bond acceptors (Lipinski definition) is 7. The largest absolute Gasteiger partial charge is 0.464 e. The van der Waals surface area contributed by atoms with E-state index in [1.54, 1.807) is 6.20 Å². The van der Waals surface area contributed by atoms with E-state index in [0.29, 0.717) is 16.7 Å². The summed E-state index contributed by atoms with van der Waals surface area (Å²) < 4.78 is 10.1. The number of hydrogen-bond donors (Lipinski definition) is 1. The van der Waals surface area contributed by atoms with E-state index in [1.165, 1.54) is 18.4 Å². The number of aryl methyl sites for hydroxylation is 2. The fourth-order valence-electron chi connectivity index (χ4n) is 1.56. The minimum Gasteiger partial charge on any atom is -0.464 e. The Bertz CT molecular complexity index is 591. The number of carbonyl (C=O) groups excluding carboxylic acids is 1. The molecule has 1 unspecified atom stereocenters. The van der Waals surface area contributed by atoms with Crippen molar-refractivity contribution in [2.24, 2.45) is 0 Å². The van der Waals surface area contributed by atoms with Crippen LogP contribution in [0.4, 0.5) is 5.13 Å². The molecule has 0 aliphatic heterocycles. The molecule has 1 atom stereocenters. The second-order valence-electron chi connectivity index (χ2n) is 4.09. The SMILES string of the molecule is COC(=O)c1nc(NC(C)c2ncc(C)o2)sc1C. The number of nitrogens with one attached hydrogen (secondary N) is 1. The fourth-order valence-corrected chi connectivity index (χ4v) is 2.45. The molecule has 0 aromatic carbocycles. The molecular formula is C12H15N3O3S. The van der Waals surface area contributed by atoms with Crippen molar-refractivity contribution < 1.29 is 13.9 Å². The van der Waals surface area contributed by atoms with Gasteiger partial charge in [0, 0.05) is 4.88 Å². The van der Waals surface area contributed by atoms with Crippen LogP contribution in [0.2, 0.25) is 0 Å². The van der Waals surface area contributed by atoms with Crippen LogP contribution in [0.15, 0.2) is 10.6 Å². The molecule has 102 valence electrons. The minimum absolute atomic E-state index is 0.121. The number of ether oxygens (including phenoxy) is 1. The van der Waals surface area contributed by atoms with Crippen LogP contribution < -0.4 is 5.32 Å². The molecule has 2 aromatic rings. The summed E-state index contributed by atoms with van der Waals surface area (Å²) in [6.07, 6.45) is 1.67. The standard InChI is InChI=1S/C12H15N3O3S/c1-6-5-13-10(18-6)7(2)14-12-15-9(8(3)19-12)11(16)17-4/h5,7H,1-4H3,(H,14,15). The molecule has 0 radical (unpaired) electrons. The zero-order valence-electron chi connectivity index (χ0n) is 11.2. The molecule has 0 amide bonds. The molecular weight excluding hydrogens is 266 g/mol. The van der Waals surface area contributed by atoms with Gasteiger partial charge in [0.2, 0.25) is 5.89 Å². The summed E-state index contributed by atoms with van der Waals surface area (Å²) >= 11 is 1.40. The maximum atomic E-state index is 11.5. The van der Waals surface area contributed by atoms with Crippen LogP contribution in [0, 0.1) is 13.8 Å². The summed E-state index contributed by atoms with van der Waals surface area (Å²) in [7, 11) is 1.34. The van der Waals surface area contributed by atoms with E-state index >= 15 is 0 Å². The van der Waals surface area contributed by atoms with Crippen LogP contribution in [0.5, 0.6) is 0 Å². The Balaban J connectivity index is 2.13. The molecule has 6 nitrogen and oxygen atoms in total. The van der Waals surface area contributed by atoms with E-state index in [0.717, 1.165) is 10.6 Å². The van der Waals surface area contributed by atoms with Gasteiger partial charge in [-0.25, -0.2) is 14.8 Å². The Labute approximate surface area is 114 Å². The van der Waals surface area contributed by atoms with Crippen LogP contribution in [0.25, 0.3) is 0 Å². The molecule has 1 N–H and O–H groups in total. The van der Waals surface area contributed by atoms with Crippen molar-refractivity contribution in [2.45, 2.75) is 26.8 Å². The van der Waals surface area contributed by atoms with Crippen molar-refractivity contribution in [3.05, 3.63) is 28.4 Å². The number of rotatable bonds is 4. The van der Waals surface area contributed by atoms with Gasteiger partial charge in [-0.3, -0.25) is 0 Å². The third kappa shape index (κ3) is 2.93. The van der Waals surface area contributed by atoms with E-state index in [-0.39, 0.29) is 6.04 Å². The molecule has 0 saturated carbocycles. The normalized spacial score (nSPS) is 12.2. The first-order valence-corrected chi connectivity index (χ1v) is 6.57. The van der Waals surface area contributed by atoms with Crippen LogP contribution in [-0.4, -0.2) is 23.0 Å². The predicted octanol–water partition coefficient (Wildman–Crippen LogP) is 2.71. The average Bonchev–Trinajstić information content (AvgIpc) is 2.95. The van der Waals surface area contributed by atoms with Gasteiger partial charge >= 0.3 is 5.97 Å². The third-order valence-electron chi connectivity index (χ3n) is 2.52. The highest BCUT2D eigenvalue weighted by molar-refractivity contribution is 7.15. The second kappa shape index (κ2) is 5.40. The van der Waals surface area contributed by atoms with Gasteiger partial charge in [-0.1, -0.05) is 0 Å². The number of oxazole rings is 1. The molecule has 2 heterocycles. The Morgan fingerprint density at radius 1 is 1.53 bits per heavy atom. The molecule has 7 heteroatoms. The molecule has 19 heavy (non-hydrogen) atoms. The van der Waals surface area contributed by atoms with Crippen LogP contribution in [-0.2, 0) is 4.74 Å². The van der Waals surface area contributed by atoms with Crippen molar-refractivity contribution in [1.82, 2.24) is 9.97 Å². The number of nitrogens with zero attached hydrogens (tertiary/aromatic N) is 2. The highest BCUT2D eigenvalue weighted by Crippen LogP contribution is 2.26. The summed E-state index contributed by atoms with van der Waals surface area (Å²) in [5.41, 5.74) is 0.339. The van der Waals surface area contributed by atoms with E-state index in [1.807, 2.05) is 20.8 Å². The monoisotopic (exact) mass is 281 g/mol. The maximum absolute atomic E-state index is 11.5. The van der Waals surface area contributed by atoms with Crippen molar-refractivity contribution in [2.75, 3.05) is 12.4 Å². The number of esters is 1. The summed E-state index contributed by atoms with van der Waals surface area (Å²) in [6, 6.07) is -0.121. The van der Waals surface area contributed by atoms with Crippen molar-refractivity contribution in [3.8, 4) is 0 Å². The Morgan fingerprint density at radius 2 is 2.26 bits per heavy atom. The lowest BCUT2D eigenvalue weighted by Crippen LogP contribution is -2.08. The van der Waals surface area contributed by atoms with Gasteiger partial charge in [0.05, 0.1) is 13.3 Å². The smallest absolute Gasteiger partial charge is 0.357 e. The van der Waals surface area contributed by atoms with Crippen LogP contribution >= 0.6 is 11.3 Å². The zero-order valence-corrected chi connectivity index (χ0v) is 12.0. The minimum atomic E-state index is -0.429. The van der Waals surface area contributed by atoms with E-state index in [4.69, 9.17) is 4.42 Å². The fraction of sp³-hybridized carbons (Fsp3) is 0.417. The third-order valence-corrected chi connectivity index (χ3v) is 3.43. The average molecular weight is 281 g/mol. The van der Waals surface area contributed by atoms with Crippen LogP contribution in [0.1, 0.15) is 40.0 Å². The van der Waals surface area contributed by atoms with Crippen LogP contribution in [0.3, 0.4) is 0 Å². The van der Waals surface area contributed by atoms with Gasteiger partial charge in [0.15, 0.2) is 10.8 Å². The van der Waals surface area contributed by atoms with Gasteiger partial charge < -0.3 is 14.5 Å². The molecule has 0 spiro atoms. The summed E-state index contributed by atoms with van der Waals surface area (Å²) in [5.74, 6) is 0.917. The maximum Gasteiger partial charge on any atom is 0.357 e. The molecule has 0 bridgehead atoms. The molecule has 0 aliphatic rings. The number of thiazole rings is 1. The van der Waals surface area contributed by atoms with E-state index < -0.39 is 5.97 Å². The van der Waals surface area contributed by atoms with E-state index in [9.17, 15) is 4.79 Å². The first kappa shape index (κ1) is 13.5. The first-order chi connectivity index (χ1) is 9.01. The van der Waals surface area contributed by atoms with Gasteiger partial charge in [-0.15, -0.1) is 11.3 Å². The summed E-state index contributed by atoms with van der Waals surface area (Å²) in [6.45, 7) is 5.58. The molecule has 0 fully saturated rings. The Morgan fingerprint density at radius 3 is 2.84 bits per heavy atom. The van der Waals surface area contributed by atoms with Crippen molar-refractivity contribution in [1.29, 1.82) is 0 Å². The number of anilines is 1. The lowest BCUT2D eigenvalue weighted by molar-refractivity contribution is 0.0594.